The largest absolute Gasteiger partial charge is 0.335 e. The molecule has 2 aromatic carbocycles. The first-order valence-electron chi connectivity index (χ1n) is 9.86. The number of imide groups is 1. The van der Waals surface area contributed by atoms with Crippen LogP contribution >= 0.6 is 11.6 Å². The van der Waals surface area contributed by atoms with Gasteiger partial charge in [-0.3, -0.25) is 19.3 Å². The monoisotopic (exact) mass is 460 g/mol. The van der Waals surface area contributed by atoms with Crippen LogP contribution in [0.2, 0.25) is 5.02 Å². The number of nitrogens with one attached hydrogen (secondary N) is 2. The fraction of sp³-hybridized carbons (Fsp3) is 0.273. The van der Waals surface area contributed by atoms with E-state index >= 15 is 0 Å². The van der Waals surface area contributed by atoms with E-state index in [1.54, 1.807) is 31.2 Å². The fourth-order valence-electron chi connectivity index (χ4n) is 3.46. The van der Waals surface area contributed by atoms with Crippen LogP contribution in [0.4, 0.5) is 14.9 Å². The zero-order valence-electron chi connectivity index (χ0n) is 17.5. The van der Waals surface area contributed by atoms with Crippen LogP contribution in [0.25, 0.3) is 0 Å². The second kappa shape index (κ2) is 9.35. The second-order valence-electron chi connectivity index (χ2n) is 7.37. The van der Waals surface area contributed by atoms with Crippen molar-refractivity contribution in [3.63, 3.8) is 0 Å². The van der Waals surface area contributed by atoms with Crippen LogP contribution in [-0.4, -0.2) is 53.7 Å². The Morgan fingerprint density at radius 1 is 1.16 bits per heavy atom. The maximum Gasteiger partial charge on any atom is 0.325 e. The maximum absolute atomic E-state index is 13.3. The van der Waals surface area contributed by atoms with E-state index in [1.807, 2.05) is 0 Å². The van der Waals surface area contributed by atoms with Crippen molar-refractivity contribution < 1.29 is 23.6 Å². The fourth-order valence-corrected chi connectivity index (χ4v) is 3.64. The lowest BCUT2D eigenvalue weighted by molar-refractivity contribution is -0.139. The highest BCUT2D eigenvalue weighted by Gasteiger charge is 2.51. The molecule has 3 rings (SSSR count). The normalized spacial score (nSPS) is 17.8. The van der Waals surface area contributed by atoms with Gasteiger partial charge in [-0.1, -0.05) is 42.8 Å². The van der Waals surface area contributed by atoms with Crippen molar-refractivity contribution in [2.45, 2.75) is 18.9 Å². The molecule has 0 saturated carbocycles. The molecule has 0 spiro atoms. The van der Waals surface area contributed by atoms with Crippen LogP contribution in [0, 0.1) is 5.82 Å². The van der Waals surface area contributed by atoms with Crippen molar-refractivity contribution in [3.8, 4) is 0 Å². The van der Waals surface area contributed by atoms with Gasteiger partial charge in [0.25, 0.3) is 5.91 Å². The number of nitrogens with zero attached hydrogens (tertiary/aromatic N) is 2. The van der Waals surface area contributed by atoms with E-state index < -0.39 is 41.7 Å². The van der Waals surface area contributed by atoms with Gasteiger partial charge < -0.3 is 15.5 Å². The number of carbonyl (C=O) groups is 4. The Labute approximate surface area is 189 Å². The van der Waals surface area contributed by atoms with E-state index in [0.29, 0.717) is 16.3 Å². The molecule has 1 aliphatic rings. The molecular formula is C22H22ClFN4O4. The van der Waals surface area contributed by atoms with Crippen molar-refractivity contribution >= 4 is 41.0 Å². The minimum absolute atomic E-state index is 0.212. The topological polar surface area (TPSA) is 98.8 Å². The van der Waals surface area contributed by atoms with Crippen molar-refractivity contribution in [1.29, 1.82) is 0 Å². The Bertz CT molecular complexity index is 1060. The van der Waals surface area contributed by atoms with E-state index in [2.05, 4.69) is 10.6 Å². The number of likely N-dealkylation sites (N-methyl/N-ethyl adjacent to an activating group) is 1. The third kappa shape index (κ3) is 4.57. The molecule has 5 amide bonds. The van der Waals surface area contributed by atoms with Gasteiger partial charge in [0.1, 0.15) is 17.9 Å². The van der Waals surface area contributed by atoms with Gasteiger partial charge in [-0.15, -0.1) is 0 Å². The van der Waals surface area contributed by atoms with E-state index in [1.165, 1.54) is 31.3 Å². The summed E-state index contributed by atoms with van der Waals surface area (Å²) >= 11 is 6.01. The van der Waals surface area contributed by atoms with E-state index in [4.69, 9.17) is 11.6 Å². The molecular weight excluding hydrogens is 439 g/mol. The Morgan fingerprint density at radius 3 is 2.44 bits per heavy atom. The first-order chi connectivity index (χ1) is 15.2. The molecule has 2 N–H and O–H groups in total. The van der Waals surface area contributed by atoms with Gasteiger partial charge in [-0.05, 0) is 36.2 Å². The molecule has 32 heavy (non-hydrogen) atoms. The zero-order chi connectivity index (χ0) is 23.5. The van der Waals surface area contributed by atoms with Crippen LogP contribution in [0.5, 0.6) is 0 Å². The first-order valence-corrected chi connectivity index (χ1v) is 10.2. The number of halogens is 2. The number of urea groups is 1. The number of amides is 5. The average Bonchev–Trinajstić information content (AvgIpc) is 3.00. The van der Waals surface area contributed by atoms with E-state index in [9.17, 15) is 23.6 Å². The van der Waals surface area contributed by atoms with Gasteiger partial charge in [0.05, 0.1) is 17.3 Å². The number of rotatable bonds is 7. The smallest absolute Gasteiger partial charge is 0.325 e. The Balaban J connectivity index is 1.67. The lowest BCUT2D eigenvalue weighted by Crippen LogP contribution is -2.46. The lowest BCUT2D eigenvalue weighted by atomic mass is 9.87. The minimum atomic E-state index is -1.38. The molecule has 0 bridgehead atoms. The van der Waals surface area contributed by atoms with Crippen molar-refractivity contribution in [2.75, 3.05) is 25.5 Å². The number of benzene rings is 2. The Kier molecular flexibility index (Phi) is 6.78. The maximum atomic E-state index is 13.3. The van der Waals surface area contributed by atoms with Crippen molar-refractivity contribution in [1.82, 2.24) is 15.1 Å². The lowest BCUT2D eigenvalue weighted by Gasteiger charge is -2.26. The van der Waals surface area contributed by atoms with Crippen LogP contribution < -0.4 is 10.6 Å². The second-order valence-corrected chi connectivity index (χ2v) is 7.77. The summed E-state index contributed by atoms with van der Waals surface area (Å²) in [5.41, 5.74) is -0.561. The van der Waals surface area contributed by atoms with Crippen LogP contribution in [0.15, 0.2) is 48.5 Å². The standard InChI is InChI=1S/C22H22ClFN4O4/c1-3-22(14-8-10-15(24)11-9-14)20(31)28(21(32)26-22)13-19(30)27(2)12-18(29)25-17-7-5-4-6-16(17)23/h4-11H,3,12-13H2,1-2H3,(H,25,29)(H,26,32). The summed E-state index contributed by atoms with van der Waals surface area (Å²) < 4.78 is 13.3. The molecule has 2 aromatic rings. The predicted octanol–water partition coefficient (Wildman–Crippen LogP) is 2.73. The summed E-state index contributed by atoms with van der Waals surface area (Å²) in [7, 11) is 1.39. The summed E-state index contributed by atoms with van der Waals surface area (Å²) in [5.74, 6) is -2.17. The van der Waals surface area contributed by atoms with Gasteiger partial charge in [-0.2, -0.15) is 0 Å². The van der Waals surface area contributed by atoms with Gasteiger partial charge in [0, 0.05) is 7.05 Å². The molecule has 1 unspecified atom stereocenters. The molecule has 1 atom stereocenters. The van der Waals surface area contributed by atoms with Crippen LogP contribution in [0.1, 0.15) is 18.9 Å². The Hall–Kier alpha value is -3.46. The molecule has 8 nitrogen and oxygen atoms in total. The predicted molar refractivity (Wildman–Crippen MR) is 116 cm³/mol. The first kappa shape index (κ1) is 23.2. The van der Waals surface area contributed by atoms with Gasteiger partial charge >= 0.3 is 6.03 Å². The molecule has 0 aliphatic carbocycles. The average molecular weight is 461 g/mol. The van der Waals surface area contributed by atoms with Crippen molar-refractivity contribution in [3.05, 3.63) is 64.9 Å². The molecule has 1 saturated heterocycles. The SMILES string of the molecule is CCC1(c2ccc(F)cc2)NC(=O)N(CC(=O)N(C)CC(=O)Nc2ccccc2Cl)C1=O. The number of hydrogen-bond acceptors (Lipinski definition) is 4. The summed E-state index contributed by atoms with van der Waals surface area (Å²) in [6.07, 6.45) is 0.212. The third-order valence-electron chi connectivity index (χ3n) is 5.29. The van der Waals surface area contributed by atoms with Gasteiger partial charge in [0.15, 0.2) is 0 Å². The molecule has 168 valence electrons. The number of hydrogen-bond donors (Lipinski definition) is 2. The van der Waals surface area contributed by atoms with Crippen molar-refractivity contribution in [2.24, 2.45) is 0 Å². The molecule has 1 heterocycles. The Morgan fingerprint density at radius 2 is 1.81 bits per heavy atom. The molecule has 1 fully saturated rings. The van der Waals surface area contributed by atoms with Crippen LogP contribution in [0.3, 0.4) is 0 Å². The van der Waals surface area contributed by atoms with E-state index in [0.717, 1.165) is 9.80 Å². The summed E-state index contributed by atoms with van der Waals surface area (Å²) in [6, 6.07) is 11.2. The molecule has 0 aromatic heterocycles. The molecule has 10 heteroatoms. The third-order valence-corrected chi connectivity index (χ3v) is 5.62. The zero-order valence-corrected chi connectivity index (χ0v) is 18.3. The summed E-state index contributed by atoms with van der Waals surface area (Å²) in [5, 5.41) is 5.58. The number of anilines is 1. The highest BCUT2D eigenvalue weighted by atomic mass is 35.5. The quantitative estimate of drug-likeness (QED) is 0.620. The van der Waals surface area contributed by atoms with Gasteiger partial charge in [-0.25, -0.2) is 9.18 Å². The highest BCUT2D eigenvalue weighted by molar-refractivity contribution is 6.33. The summed E-state index contributed by atoms with van der Waals surface area (Å²) in [6.45, 7) is 0.867. The summed E-state index contributed by atoms with van der Waals surface area (Å²) in [4.78, 5) is 52.4. The molecule has 0 radical (unpaired) electrons. The number of para-hydroxylation sites is 1. The minimum Gasteiger partial charge on any atom is -0.335 e. The van der Waals surface area contributed by atoms with E-state index in [-0.39, 0.29) is 13.0 Å². The molecule has 1 aliphatic heterocycles. The van der Waals surface area contributed by atoms with Gasteiger partial charge in [0.2, 0.25) is 11.8 Å². The highest BCUT2D eigenvalue weighted by Crippen LogP contribution is 2.32. The number of carbonyl (C=O) groups excluding carboxylic acids is 4. The van der Waals surface area contributed by atoms with Crippen LogP contribution in [-0.2, 0) is 19.9 Å².